The number of carbonyl (C=O) groups is 3. The summed E-state index contributed by atoms with van der Waals surface area (Å²) in [6.45, 7) is 5.12. The van der Waals surface area contributed by atoms with Crippen LogP contribution in [0.15, 0.2) is 59.8 Å². The van der Waals surface area contributed by atoms with E-state index in [2.05, 4.69) is 5.32 Å². The number of ether oxygens (including phenoxy) is 1. The number of urea groups is 1. The molecule has 2 aromatic carbocycles. The highest BCUT2D eigenvalue weighted by molar-refractivity contribution is 6.30. The summed E-state index contributed by atoms with van der Waals surface area (Å²) in [5.41, 5.74) is 0.825. The Balaban J connectivity index is 1.56. The fraction of sp³-hybridized carbons (Fsp3) is 0.393. The van der Waals surface area contributed by atoms with Crippen molar-refractivity contribution < 1.29 is 32.3 Å². The lowest BCUT2D eigenvalue weighted by molar-refractivity contribution is -0.139. The van der Waals surface area contributed by atoms with Crippen LogP contribution < -0.4 is 5.32 Å². The van der Waals surface area contributed by atoms with Gasteiger partial charge in [0.15, 0.2) is 0 Å². The minimum Gasteiger partial charge on any atom is -0.463 e. The van der Waals surface area contributed by atoms with Crippen molar-refractivity contribution in [2.45, 2.75) is 32.1 Å². The molecule has 40 heavy (non-hydrogen) atoms. The highest BCUT2D eigenvalue weighted by Crippen LogP contribution is 2.33. The van der Waals surface area contributed by atoms with Crippen LogP contribution in [0.1, 0.15) is 41.4 Å². The van der Waals surface area contributed by atoms with Gasteiger partial charge in [0.25, 0.3) is 5.91 Å². The minimum atomic E-state index is -4.48. The molecule has 0 spiro atoms. The lowest BCUT2D eigenvalue weighted by atomic mass is 9.94. The van der Waals surface area contributed by atoms with Gasteiger partial charge in [0.2, 0.25) is 0 Å². The maximum absolute atomic E-state index is 13.2. The Bertz CT molecular complexity index is 1300. The smallest absolute Gasteiger partial charge is 0.416 e. The number of rotatable bonds is 6. The maximum atomic E-state index is 13.2. The van der Waals surface area contributed by atoms with Crippen LogP contribution in [-0.2, 0) is 15.7 Å². The Labute approximate surface area is 235 Å². The summed E-state index contributed by atoms with van der Waals surface area (Å²) in [5.74, 6) is -0.905. The van der Waals surface area contributed by atoms with Gasteiger partial charge in [0.1, 0.15) is 0 Å². The number of amides is 3. The standard InChI is InChI=1S/C28H30ClF3N4O4/c1-4-40-26(38)23-22(34(3)27(39)33-24(23)18-7-11-21(29)12-8-18)16-35-13-14-36(17(2)15-35)25(37)19-5-9-20(10-6-19)28(30,31)32/h5-12,17,24H,4,13-16H2,1-3H3,(H,33,39). The molecule has 2 aliphatic rings. The molecule has 0 saturated carbocycles. The van der Waals surface area contributed by atoms with Crippen LogP contribution in [0.25, 0.3) is 0 Å². The van der Waals surface area contributed by atoms with Crippen molar-refractivity contribution in [2.75, 3.05) is 39.8 Å². The van der Waals surface area contributed by atoms with Crippen molar-refractivity contribution in [1.29, 1.82) is 0 Å². The van der Waals surface area contributed by atoms with E-state index >= 15 is 0 Å². The van der Waals surface area contributed by atoms with Crippen LogP contribution in [0.3, 0.4) is 0 Å². The van der Waals surface area contributed by atoms with Crippen molar-refractivity contribution in [1.82, 2.24) is 20.0 Å². The molecule has 3 amide bonds. The van der Waals surface area contributed by atoms with E-state index < -0.39 is 23.8 Å². The van der Waals surface area contributed by atoms with Crippen LogP contribution in [0, 0.1) is 0 Å². The van der Waals surface area contributed by atoms with Crippen LogP contribution in [0.4, 0.5) is 18.0 Å². The quantitative estimate of drug-likeness (QED) is 0.502. The lowest BCUT2D eigenvalue weighted by Gasteiger charge is -2.42. The third-order valence-electron chi connectivity index (χ3n) is 7.08. The second-order valence-corrected chi connectivity index (χ2v) is 10.2. The normalized spacial score (nSPS) is 20.4. The summed E-state index contributed by atoms with van der Waals surface area (Å²) in [6.07, 6.45) is -4.48. The molecule has 0 radical (unpaired) electrons. The third-order valence-corrected chi connectivity index (χ3v) is 7.33. The van der Waals surface area contributed by atoms with E-state index in [-0.39, 0.29) is 36.7 Å². The maximum Gasteiger partial charge on any atom is 0.416 e. The molecule has 2 aromatic rings. The molecule has 1 fully saturated rings. The fourth-order valence-electron chi connectivity index (χ4n) is 4.96. The number of piperazine rings is 1. The largest absolute Gasteiger partial charge is 0.463 e. The summed E-state index contributed by atoms with van der Waals surface area (Å²) >= 11 is 6.04. The number of alkyl halides is 3. The Morgan fingerprint density at radius 2 is 1.73 bits per heavy atom. The average Bonchev–Trinajstić information content (AvgIpc) is 2.91. The molecule has 0 bridgehead atoms. The Kier molecular flexibility index (Phi) is 8.74. The van der Waals surface area contributed by atoms with E-state index in [4.69, 9.17) is 16.3 Å². The molecule has 0 aromatic heterocycles. The molecule has 2 aliphatic heterocycles. The predicted molar refractivity (Wildman–Crippen MR) is 143 cm³/mol. The van der Waals surface area contributed by atoms with Gasteiger partial charge < -0.3 is 15.0 Å². The third kappa shape index (κ3) is 6.26. The fourth-order valence-corrected chi connectivity index (χ4v) is 5.09. The molecular weight excluding hydrogens is 549 g/mol. The predicted octanol–water partition coefficient (Wildman–Crippen LogP) is 4.72. The molecular formula is C28H30ClF3N4O4. The van der Waals surface area contributed by atoms with E-state index in [1.807, 2.05) is 11.8 Å². The average molecular weight is 579 g/mol. The first-order valence-electron chi connectivity index (χ1n) is 12.8. The molecule has 12 heteroatoms. The van der Waals surface area contributed by atoms with Gasteiger partial charge in [0.05, 0.1) is 23.8 Å². The van der Waals surface area contributed by atoms with Gasteiger partial charge in [-0.2, -0.15) is 13.2 Å². The molecule has 0 aliphatic carbocycles. The molecule has 1 N–H and O–H groups in total. The van der Waals surface area contributed by atoms with Crippen molar-refractivity contribution in [3.8, 4) is 0 Å². The summed E-state index contributed by atoms with van der Waals surface area (Å²) in [5, 5.41) is 3.38. The Hall–Kier alpha value is -3.57. The van der Waals surface area contributed by atoms with Crippen LogP contribution in [0.5, 0.6) is 0 Å². The van der Waals surface area contributed by atoms with Crippen molar-refractivity contribution in [3.63, 3.8) is 0 Å². The minimum absolute atomic E-state index is 0.155. The zero-order valence-electron chi connectivity index (χ0n) is 22.3. The summed E-state index contributed by atoms with van der Waals surface area (Å²) in [4.78, 5) is 44.2. The van der Waals surface area contributed by atoms with E-state index in [9.17, 15) is 27.6 Å². The summed E-state index contributed by atoms with van der Waals surface area (Å²) in [6, 6.07) is 9.62. The zero-order valence-corrected chi connectivity index (χ0v) is 23.1. The SMILES string of the molecule is CCOC(=O)C1=C(CN2CCN(C(=O)c3ccc(C(F)(F)F)cc3)C(C)C2)N(C)C(=O)NC1c1ccc(Cl)cc1. The first kappa shape index (κ1) is 29.4. The zero-order chi connectivity index (χ0) is 29.2. The van der Waals surface area contributed by atoms with Crippen LogP contribution in [-0.4, -0.2) is 78.5 Å². The van der Waals surface area contributed by atoms with Crippen molar-refractivity contribution >= 4 is 29.5 Å². The number of nitrogens with one attached hydrogen (secondary N) is 1. The van der Waals surface area contributed by atoms with Crippen LogP contribution in [0.2, 0.25) is 5.02 Å². The molecule has 214 valence electrons. The Morgan fingerprint density at radius 1 is 1.07 bits per heavy atom. The second-order valence-electron chi connectivity index (χ2n) is 9.73. The van der Waals surface area contributed by atoms with Crippen molar-refractivity contribution in [3.05, 3.63) is 81.5 Å². The molecule has 4 rings (SSSR count). The number of benzene rings is 2. The van der Waals surface area contributed by atoms with E-state index in [1.54, 1.807) is 43.1 Å². The van der Waals surface area contributed by atoms with Gasteiger partial charge in [-0.1, -0.05) is 23.7 Å². The van der Waals surface area contributed by atoms with E-state index in [1.165, 1.54) is 17.0 Å². The summed E-state index contributed by atoms with van der Waals surface area (Å²) in [7, 11) is 1.58. The number of halogens is 4. The van der Waals surface area contributed by atoms with E-state index in [0.717, 1.165) is 12.1 Å². The number of hydrogen-bond donors (Lipinski definition) is 1. The highest BCUT2D eigenvalue weighted by atomic mass is 35.5. The van der Waals surface area contributed by atoms with Crippen molar-refractivity contribution in [2.24, 2.45) is 0 Å². The molecule has 2 unspecified atom stereocenters. The molecule has 1 saturated heterocycles. The second kappa shape index (κ2) is 11.9. The van der Waals surface area contributed by atoms with Gasteiger partial charge >= 0.3 is 18.2 Å². The number of nitrogens with zero attached hydrogens (tertiary/aromatic N) is 3. The molecule has 2 atom stereocenters. The number of likely N-dealkylation sites (N-methyl/N-ethyl adjacent to an activating group) is 1. The number of hydrogen-bond acceptors (Lipinski definition) is 5. The highest BCUT2D eigenvalue weighted by Gasteiger charge is 2.38. The van der Waals surface area contributed by atoms with Gasteiger partial charge in [-0.25, -0.2) is 9.59 Å². The van der Waals surface area contributed by atoms with Crippen LogP contribution >= 0.6 is 11.6 Å². The van der Waals surface area contributed by atoms with Gasteiger partial charge in [-0.05, 0) is 55.8 Å². The summed E-state index contributed by atoms with van der Waals surface area (Å²) < 4.78 is 44.1. The molecule has 8 nitrogen and oxygen atoms in total. The topological polar surface area (TPSA) is 82.2 Å². The van der Waals surface area contributed by atoms with Gasteiger partial charge in [-0.3, -0.25) is 14.6 Å². The monoisotopic (exact) mass is 578 g/mol. The lowest BCUT2D eigenvalue weighted by Crippen LogP contribution is -2.56. The first-order valence-corrected chi connectivity index (χ1v) is 13.2. The molecule has 2 heterocycles. The first-order chi connectivity index (χ1) is 18.9. The number of esters is 1. The van der Waals surface area contributed by atoms with E-state index in [0.29, 0.717) is 41.5 Å². The van der Waals surface area contributed by atoms with Gasteiger partial charge in [-0.15, -0.1) is 0 Å². The Morgan fingerprint density at radius 3 is 2.30 bits per heavy atom. The number of carbonyl (C=O) groups excluding carboxylic acids is 3. The van der Waals surface area contributed by atoms with Gasteiger partial charge in [0, 0.05) is 55.6 Å².